The number of rotatable bonds is 6. The predicted molar refractivity (Wildman–Crippen MR) is 141 cm³/mol. The number of halogens is 2. The standard InChI is InChI=1S/C27H24F2N4O4S/c1-17-2-3-19(29)14-25(17)38(36,37)31-20-6-9-24-22(15-20)23(27(34)35)16-26(30-24)33-12-10-32(11-13-33)21-7-4-18(28)5-8-21/h2-9,14-16,31H,10-13H2,1H3,(H,34,35). The van der Waals surface area contributed by atoms with E-state index in [9.17, 15) is 27.1 Å². The average molecular weight is 539 g/mol. The molecule has 3 aromatic carbocycles. The lowest BCUT2D eigenvalue weighted by atomic mass is 10.1. The van der Waals surface area contributed by atoms with Gasteiger partial charge in [0.2, 0.25) is 0 Å². The highest BCUT2D eigenvalue weighted by Gasteiger charge is 2.23. The molecule has 1 aliphatic heterocycles. The topological polar surface area (TPSA) is 103 Å². The lowest BCUT2D eigenvalue weighted by molar-refractivity contribution is 0.0699. The quantitative estimate of drug-likeness (QED) is 0.369. The highest BCUT2D eigenvalue weighted by atomic mass is 32.2. The van der Waals surface area contributed by atoms with Crippen LogP contribution in [0.2, 0.25) is 0 Å². The second kappa shape index (κ2) is 9.90. The number of aromatic carboxylic acids is 1. The summed E-state index contributed by atoms with van der Waals surface area (Å²) in [6.45, 7) is 4.02. The number of anilines is 3. The number of carbonyl (C=O) groups is 1. The maximum absolute atomic E-state index is 13.7. The first kappa shape index (κ1) is 25.4. The monoisotopic (exact) mass is 538 g/mol. The number of hydrogen-bond donors (Lipinski definition) is 2. The summed E-state index contributed by atoms with van der Waals surface area (Å²) in [5, 5.41) is 10.2. The third kappa shape index (κ3) is 5.10. The van der Waals surface area contributed by atoms with E-state index in [-0.39, 0.29) is 27.3 Å². The molecule has 1 aliphatic rings. The Labute approximate surface area is 218 Å². The fourth-order valence-corrected chi connectivity index (χ4v) is 5.84. The van der Waals surface area contributed by atoms with Crippen LogP contribution in [0.5, 0.6) is 0 Å². The number of hydrogen-bond acceptors (Lipinski definition) is 6. The zero-order chi connectivity index (χ0) is 27.0. The molecule has 196 valence electrons. The van der Waals surface area contributed by atoms with Crippen LogP contribution in [0.15, 0.2) is 71.6 Å². The van der Waals surface area contributed by atoms with Crippen LogP contribution in [0.4, 0.5) is 26.0 Å². The molecule has 0 saturated carbocycles. The molecule has 2 N–H and O–H groups in total. The lowest BCUT2D eigenvalue weighted by Crippen LogP contribution is -2.46. The maximum atomic E-state index is 13.7. The second-order valence-corrected chi connectivity index (χ2v) is 10.7. The van der Waals surface area contributed by atoms with E-state index in [1.54, 1.807) is 25.1 Å². The molecule has 0 spiro atoms. The maximum Gasteiger partial charge on any atom is 0.336 e. The minimum atomic E-state index is -4.12. The summed E-state index contributed by atoms with van der Waals surface area (Å²) in [4.78, 5) is 20.7. The van der Waals surface area contributed by atoms with E-state index in [1.165, 1.54) is 42.5 Å². The van der Waals surface area contributed by atoms with Crippen molar-refractivity contribution < 1.29 is 27.1 Å². The molecule has 0 amide bonds. The summed E-state index contributed by atoms with van der Waals surface area (Å²) >= 11 is 0. The van der Waals surface area contributed by atoms with Crippen molar-refractivity contribution in [2.45, 2.75) is 11.8 Å². The Morgan fingerprint density at radius 3 is 2.24 bits per heavy atom. The Balaban J connectivity index is 1.41. The Kier molecular flexibility index (Phi) is 6.62. The molecule has 38 heavy (non-hydrogen) atoms. The summed E-state index contributed by atoms with van der Waals surface area (Å²) in [5.74, 6) is -1.66. The first-order valence-electron chi connectivity index (χ1n) is 11.8. The molecule has 5 rings (SSSR count). The number of carboxylic acid groups (broad SMARTS) is 1. The van der Waals surface area contributed by atoms with Crippen molar-refractivity contribution in [3.63, 3.8) is 0 Å². The third-order valence-corrected chi connectivity index (χ3v) is 8.04. The molecule has 1 fully saturated rings. The number of nitrogens with zero attached hydrogens (tertiary/aromatic N) is 3. The molecule has 0 bridgehead atoms. The van der Waals surface area contributed by atoms with Crippen LogP contribution in [0.25, 0.3) is 10.9 Å². The summed E-state index contributed by atoms with van der Waals surface area (Å²) < 4.78 is 55.1. The highest BCUT2D eigenvalue weighted by molar-refractivity contribution is 7.92. The minimum absolute atomic E-state index is 0.0195. The molecular weight excluding hydrogens is 514 g/mol. The number of pyridine rings is 1. The van der Waals surface area contributed by atoms with Gasteiger partial charge < -0.3 is 14.9 Å². The number of aromatic nitrogens is 1. The summed E-state index contributed by atoms with van der Waals surface area (Å²) in [5.41, 5.74) is 1.79. The van der Waals surface area contributed by atoms with Crippen LogP contribution < -0.4 is 14.5 Å². The largest absolute Gasteiger partial charge is 0.478 e. The fraction of sp³-hybridized carbons (Fsp3) is 0.185. The molecule has 1 saturated heterocycles. The first-order valence-corrected chi connectivity index (χ1v) is 13.3. The molecule has 8 nitrogen and oxygen atoms in total. The molecule has 0 aliphatic carbocycles. The summed E-state index contributed by atoms with van der Waals surface area (Å²) in [7, 11) is -4.12. The highest BCUT2D eigenvalue weighted by Crippen LogP contribution is 2.29. The van der Waals surface area contributed by atoms with E-state index in [2.05, 4.69) is 14.6 Å². The predicted octanol–water partition coefficient (Wildman–Crippen LogP) is 4.65. The van der Waals surface area contributed by atoms with Crippen molar-refractivity contribution in [1.29, 1.82) is 0 Å². The molecule has 11 heteroatoms. The number of sulfonamides is 1. The molecule has 1 aromatic heterocycles. The normalized spacial score (nSPS) is 14.1. The van der Waals surface area contributed by atoms with E-state index < -0.39 is 21.8 Å². The van der Waals surface area contributed by atoms with Crippen molar-refractivity contribution in [3.05, 3.63) is 89.5 Å². The van der Waals surface area contributed by atoms with Crippen molar-refractivity contribution in [3.8, 4) is 0 Å². The number of fused-ring (bicyclic) bond motifs is 1. The number of benzene rings is 3. The molecular formula is C27H24F2N4O4S. The van der Waals surface area contributed by atoms with Gasteiger partial charge in [0.25, 0.3) is 10.0 Å². The fourth-order valence-electron chi connectivity index (χ4n) is 4.53. The van der Waals surface area contributed by atoms with Gasteiger partial charge in [0.1, 0.15) is 17.5 Å². The van der Waals surface area contributed by atoms with Crippen LogP contribution in [0.1, 0.15) is 15.9 Å². The van der Waals surface area contributed by atoms with Gasteiger partial charge in [-0.3, -0.25) is 4.72 Å². The summed E-state index contributed by atoms with van der Waals surface area (Å²) in [6.07, 6.45) is 0. The number of carboxylic acids is 1. The smallest absolute Gasteiger partial charge is 0.336 e. The van der Waals surface area contributed by atoms with Crippen molar-refractivity contribution >= 4 is 44.1 Å². The molecule has 0 atom stereocenters. The van der Waals surface area contributed by atoms with Crippen LogP contribution >= 0.6 is 0 Å². The van der Waals surface area contributed by atoms with Gasteiger partial charge in [0, 0.05) is 42.9 Å². The molecule has 2 heterocycles. The molecule has 0 radical (unpaired) electrons. The SMILES string of the molecule is Cc1ccc(F)cc1S(=O)(=O)Nc1ccc2nc(N3CCN(c4ccc(F)cc4)CC3)cc(C(=O)O)c2c1. The van der Waals surface area contributed by atoms with Crippen LogP contribution in [-0.2, 0) is 10.0 Å². The zero-order valence-electron chi connectivity index (χ0n) is 20.4. The van der Waals surface area contributed by atoms with Gasteiger partial charge in [0.05, 0.1) is 16.0 Å². The lowest BCUT2D eigenvalue weighted by Gasteiger charge is -2.37. The average Bonchev–Trinajstić information content (AvgIpc) is 2.89. The van der Waals surface area contributed by atoms with Gasteiger partial charge in [-0.05, 0) is 73.2 Å². The van der Waals surface area contributed by atoms with Crippen LogP contribution in [-0.4, -0.2) is 50.7 Å². The van der Waals surface area contributed by atoms with E-state index in [0.717, 1.165) is 11.8 Å². The minimum Gasteiger partial charge on any atom is -0.478 e. The van der Waals surface area contributed by atoms with Crippen molar-refractivity contribution in [2.75, 3.05) is 40.7 Å². The molecule has 0 unspecified atom stereocenters. The number of nitrogens with one attached hydrogen (secondary N) is 1. The Hall–Kier alpha value is -4.25. The van der Waals surface area contributed by atoms with Gasteiger partial charge in [-0.15, -0.1) is 0 Å². The van der Waals surface area contributed by atoms with Crippen molar-refractivity contribution in [2.24, 2.45) is 0 Å². The zero-order valence-corrected chi connectivity index (χ0v) is 21.2. The number of piperazine rings is 1. The van der Waals surface area contributed by atoms with Gasteiger partial charge in [-0.25, -0.2) is 27.0 Å². The van der Waals surface area contributed by atoms with Gasteiger partial charge in [-0.2, -0.15) is 0 Å². The van der Waals surface area contributed by atoms with Gasteiger partial charge in [-0.1, -0.05) is 6.07 Å². The van der Waals surface area contributed by atoms with Crippen molar-refractivity contribution in [1.82, 2.24) is 4.98 Å². The summed E-state index contributed by atoms with van der Waals surface area (Å²) in [6, 6.07) is 15.7. The Morgan fingerprint density at radius 2 is 1.55 bits per heavy atom. The number of aryl methyl sites for hydroxylation is 1. The molecule has 4 aromatic rings. The Morgan fingerprint density at radius 1 is 0.895 bits per heavy atom. The third-order valence-electron chi connectivity index (χ3n) is 6.51. The van der Waals surface area contributed by atoms with E-state index in [4.69, 9.17) is 0 Å². The van der Waals surface area contributed by atoms with Gasteiger partial charge in [0.15, 0.2) is 0 Å². The first-order chi connectivity index (χ1) is 18.1. The van der Waals surface area contributed by atoms with E-state index in [1.807, 2.05) is 4.90 Å². The van der Waals surface area contributed by atoms with Crippen LogP contribution in [0.3, 0.4) is 0 Å². The van der Waals surface area contributed by atoms with Gasteiger partial charge >= 0.3 is 5.97 Å². The van der Waals surface area contributed by atoms with E-state index >= 15 is 0 Å². The second-order valence-electron chi connectivity index (χ2n) is 9.03. The van der Waals surface area contributed by atoms with Crippen LogP contribution in [0, 0.1) is 18.6 Å². The Bertz CT molecular complexity index is 1640. The van der Waals surface area contributed by atoms with E-state index in [0.29, 0.717) is 43.1 Å².